The summed E-state index contributed by atoms with van der Waals surface area (Å²) in [6.07, 6.45) is 0. The van der Waals surface area contributed by atoms with Gasteiger partial charge in [0.1, 0.15) is 7.21 Å². The van der Waals surface area contributed by atoms with Crippen LogP contribution in [-0.4, -0.2) is 11.9 Å². The fraction of sp³-hybridized carbons (Fsp3) is 0. The number of hydrogen-bond donors (Lipinski definition) is 2. The van der Waals surface area contributed by atoms with Crippen LogP contribution >= 0.6 is 7.21 Å². The van der Waals surface area contributed by atoms with Gasteiger partial charge in [0, 0.05) is 22.0 Å². The van der Waals surface area contributed by atoms with Gasteiger partial charge in [-0.3, -0.25) is 0 Å². The molecule has 32 heavy (non-hydrogen) atoms. The minimum Gasteiger partial charge on any atom is -0.324 e. The minimum absolute atomic E-state index is 0.533. The summed E-state index contributed by atoms with van der Waals surface area (Å²) < 4.78 is 10.3. The molecule has 5 nitrogen and oxygen atoms in total. The van der Waals surface area contributed by atoms with E-state index in [0.717, 1.165) is 22.0 Å². The molecule has 0 unspecified atom stereocenters. The molecule has 4 aromatic carbocycles. The van der Waals surface area contributed by atoms with E-state index < -0.39 is 7.21 Å². The summed E-state index contributed by atoms with van der Waals surface area (Å²) in [4.78, 5) is 4.72. The largest absolute Gasteiger partial charge is 0.324 e. The lowest BCUT2D eigenvalue weighted by atomic mass is 10.3. The number of nitrogens with one attached hydrogen (secondary N) is 2. The van der Waals surface area contributed by atoms with Gasteiger partial charge in [-0.1, -0.05) is 97.1 Å². The second kappa shape index (κ2) is 9.04. The zero-order chi connectivity index (χ0) is 21.6. The Labute approximate surface area is 187 Å². The molecule has 0 bridgehead atoms. The normalized spacial score (nSPS) is 14.5. The van der Waals surface area contributed by atoms with E-state index in [0.29, 0.717) is 11.9 Å². The predicted molar refractivity (Wildman–Crippen MR) is 136 cm³/mol. The first kappa shape index (κ1) is 20.0. The van der Waals surface area contributed by atoms with Crippen molar-refractivity contribution in [1.82, 2.24) is 0 Å². The first-order chi connectivity index (χ1) is 15.8. The van der Waals surface area contributed by atoms with Gasteiger partial charge in [-0.05, 0) is 24.3 Å². The van der Waals surface area contributed by atoms with Crippen LogP contribution in [0, 0.1) is 0 Å². The second-order valence-electron chi connectivity index (χ2n) is 7.21. The van der Waals surface area contributed by atoms with E-state index in [4.69, 9.17) is 14.5 Å². The van der Waals surface area contributed by atoms with E-state index in [2.05, 4.69) is 34.9 Å². The lowest BCUT2D eigenvalue weighted by Gasteiger charge is -2.26. The Balaban J connectivity index is 1.69. The molecule has 5 rings (SSSR count). The minimum atomic E-state index is -2.52. The van der Waals surface area contributed by atoms with E-state index in [-0.39, 0.29) is 0 Å². The number of hydrogen-bond acceptors (Lipinski definition) is 5. The van der Waals surface area contributed by atoms with Gasteiger partial charge >= 0.3 is 0 Å². The molecule has 1 aliphatic heterocycles. The number of rotatable bonds is 4. The Kier molecular flexibility index (Phi) is 5.65. The molecule has 0 amide bonds. The SMILES string of the molecule is c1ccc(NC2=NC(Nc3ccccc3)=NP(c3ccccc3)(c3ccccc3)=N2)cc1. The van der Waals surface area contributed by atoms with E-state index in [1.165, 1.54) is 0 Å². The van der Waals surface area contributed by atoms with Crippen LogP contribution in [0.25, 0.3) is 0 Å². The van der Waals surface area contributed by atoms with Crippen molar-refractivity contribution in [3.8, 4) is 0 Å². The highest BCUT2D eigenvalue weighted by molar-refractivity contribution is 7.80. The first-order valence-corrected chi connectivity index (χ1v) is 12.1. The molecule has 0 radical (unpaired) electrons. The smallest absolute Gasteiger partial charge is 0.231 e. The van der Waals surface area contributed by atoms with Gasteiger partial charge < -0.3 is 10.6 Å². The molecule has 4 aromatic rings. The third-order valence-electron chi connectivity index (χ3n) is 4.98. The van der Waals surface area contributed by atoms with Crippen LogP contribution in [0.3, 0.4) is 0 Å². The Morgan fingerprint density at radius 2 is 0.875 bits per heavy atom. The van der Waals surface area contributed by atoms with Crippen molar-refractivity contribution >= 4 is 41.1 Å². The Morgan fingerprint density at radius 3 is 1.34 bits per heavy atom. The summed E-state index contributed by atoms with van der Waals surface area (Å²) >= 11 is 0. The van der Waals surface area contributed by atoms with Crippen molar-refractivity contribution in [2.24, 2.45) is 14.5 Å². The van der Waals surface area contributed by atoms with Crippen LogP contribution < -0.4 is 21.2 Å². The van der Waals surface area contributed by atoms with Crippen molar-refractivity contribution in [2.45, 2.75) is 0 Å². The van der Waals surface area contributed by atoms with Gasteiger partial charge in [0.15, 0.2) is 0 Å². The average Bonchev–Trinajstić information content (AvgIpc) is 2.86. The molecule has 0 fully saturated rings. The quantitative estimate of drug-likeness (QED) is 0.404. The molecule has 1 heterocycles. The summed E-state index contributed by atoms with van der Waals surface area (Å²) in [7, 11) is -2.52. The van der Waals surface area contributed by atoms with E-state index >= 15 is 0 Å². The molecular weight excluding hydrogens is 413 g/mol. The molecule has 0 aromatic heterocycles. The van der Waals surface area contributed by atoms with Crippen LogP contribution in [0.1, 0.15) is 0 Å². The number of anilines is 2. The maximum atomic E-state index is 5.16. The van der Waals surface area contributed by atoms with E-state index in [1.54, 1.807) is 0 Å². The molecule has 1 aliphatic rings. The van der Waals surface area contributed by atoms with Gasteiger partial charge in [-0.2, -0.15) is 4.99 Å². The maximum absolute atomic E-state index is 5.16. The number of aliphatic imine (C=N–C) groups is 1. The molecule has 0 aliphatic carbocycles. The third kappa shape index (κ3) is 4.25. The van der Waals surface area contributed by atoms with Gasteiger partial charge in [0.05, 0.1) is 0 Å². The van der Waals surface area contributed by atoms with Crippen molar-refractivity contribution < 1.29 is 0 Å². The highest BCUT2D eigenvalue weighted by atomic mass is 31.2. The molecule has 0 atom stereocenters. The second-order valence-corrected chi connectivity index (χ2v) is 9.85. The molecular formula is C26H22N5P. The molecule has 6 heteroatoms. The Hall–Kier alpha value is -3.95. The number of guanidine groups is 2. The van der Waals surface area contributed by atoms with E-state index in [1.807, 2.05) is 97.1 Å². The average molecular weight is 435 g/mol. The van der Waals surface area contributed by atoms with Crippen LogP contribution in [-0.2, 0) is 0 Å². The van der Waals surface area contributed by atoms with Crippen LogP contribution in [0.4, 0.5) is 11.4 Å². The number of nitrogens with zero attached hydrogens (tertiary/aromatic N) is 3. The van der Waals surface area contributed by atoms with Crippen molar-refractivity contribution in [3.63, 3.8) is 0 Å². The lowest BCUT2D eigenvalue weighted by molar-refractivity contribution is 1.43. The van der Waals surface area contributed by atoms with Crippen molar-refractivity contribution in [3.05, 3.63) is 121 Å². The number of benzene rings is 4. The maximum Gasteiger partial charge on any atom is 0.231 e. The number of para-hydroxylation sites is 2. The van der Waals surface area contributed by atoms with E-state index in [9.17, 15) is 0 Å². The fourth-order valence-electron chi connectivity index (χ4n) is 3.50. The van der Waals surface area contributed by atoms with Crippen LogP contribution in [0.5, 0.6) is 0 Å². The van der Waals surface area contributed by atoms with Gasteiger partial charge in [0.2, 0.25) is 11.9 Å². The lowest BCUT2D eigenvalue weighted by Crippen LogP contribution is -2.25. The third-order valence-corrected chi connectivity index (χ3v) is 7.98. The monoisotopic (exact) mass is 435 g/mol. The summed E-state index contributed by atoms with van der Waals surface area (Å²) in [5.74, 6) is 1.07. The highest BCUT2D eigenvalue weighted by Gasteiger charge is 2.29. The van der Waals surface area contributed by atoms with Gasteiger partial charge in [0.25, 0.3) is 0 Å². The summed E-state index contributed by atoms with van der Waals surface area (Å²) in [5, 5.41) is 8.90. The van der Waals surface area contributed by atoms with Gasteiger partial charge in [-0.15, -0.1) is 0 Å². The summed E-state index contributed by atoms with van der Waals surface area (Å²) in [6.45, 7) is 0. The summed E-state index contributed by atoms with van der Waals surface area (Å²) in [6, 6.07) is 40.5. The Morgan fingerprint density at radius 1 is 0.469 bits per heavy atom. The predicted octanol–water partition coefficient (Wildman–Crippen LogP) is 5.70. The Bertz CT molecular complexity index is 1220. The standard InChI is InChI=1S/C26H22N5P/c1-5-13-21(14-6-1)27-25-29-26(28-22-15-7-2-8-16-22)31-32(30-25,23-17-9-3-10-18-23)24-19-11-4-12-20-24/h1-20H,(H2,27,28,29,30). The zero-order valence-electron chi connectivity index (χ0n) is 17.3. The first-order valence-electron chi connectivity index (χ1n) is 10.4. The van der Waals surface area contributed by atoms with Crippen molar-refractivity contribution in [2.75, 3.05) is 10.6 Å². The molecule has 0 spiro atoms. The topological polar surface area (TPSA) is 61.1 Å². The molecule has 0 saturated heterocycles. The van der Waals surface area contributed by atoms with Crippen LogP contribution in [0.2, 0.25) is 0 Å². The zero-order valence-corrected chi connectivity index (χ0v) is 18.2. The fourth-order valence-corrected chi connectivity index (χ4v) is 6.22. The van der Waals surface area contributed by atoms with Crippen LogP contribution in [0.15, 0.2) is 136 Å². The highest BCUT2D eigenvalue weighted by Crippen LogP contribution is 2.50. The summed E-state index contributed by atoms with van der Waals surface area (Å²) in [5.41, 5.74) is 1.85. The molecule has 156 valence electrons. The van der Waals surface area contributed by atoms with Crippen molar-refractivity contribution in [1.29, 1.82) is 0 Å². The molecule has 0 saturated carbocycles. The van der Waals surface area contributed by atoms with Gasteiger partial charge in [-0.25, -0.2) is 9.51 Å². The molecule has 2 N–H and O–H groups in total.